The van der Waals surface area contributed by atoms with Crippen LogP contribution >= 0.6 is 23.5 Å². The highest BCUT2D eigenvalue weighted by Gasteiger charge is 2.41. The van der Waals surface area contributed by atoms with E-state index in [2.05, 4.69) is 21.3 Å². The Morgan fingerprint density at radius 3 is 1.49 bits per heavy atom. The lowest BCUT2D eigenvalue weighted by Crippen LogP contribution is -2.41. The number of likely N-dealkylation sites (tertiary alicyclic amines) is 1. The molecule has 2 aliphatic rings. The summed E-state index contributed by atoms with van der Waals surface area (Å²) >= 11 is 2.63. The lowest BCUT2D eigenvalue weighted by atomic mass is 10.00. The van der Waals surface area contributed by atoms with Crippen LogP contribution in [0.2, 0.25) is 0 Å². The molecule has 0 bridgehead atoms. The van der Waals surface area contributed by atoms with Crippen LogP contribution in [-0.2, 0) is 95.4 Å². The van der Waals surface area contributed by atoms with E-state index in [0.29, 0.717) is 136 Å². The molecule has 27 heteroatoms. The summed E-state index contributed by atoms with van der Waals surface area (Å²) in [6, 6.07) is -0.664. The Hall–Kier alpha value is -4.29. The molecule has 4 atom stereocenters. The molecule has 0 aromatic rings. The maximum absolute atomic E-state index is 13.0. The second kappa shape index (κ2) is 48.0. The highest BCUT2D eigenvalue weighted by molar-refractivity contribution is 8.00. The first kappa shape index (κ1) is 73.8. The molecular formula is C55H91N5O20S2. The fraction of sp³-hybridized carbons (Fsp3) is 0.800. The summed E-state index contributed by atoms with van der Waals surface area (Å²) in [5.41, 5.74) is 0. The summed E-state index contributed by atoms with van der Waals surface area (Å²) in [5, 5.41) is 10.2. The summed E-state index contributed by atoms with van der Waals surface area (Å²) in [4.78, 5) is 135. The van der Waals surface area contributed by atoms with Crippen molar-refractivity contribution >= 4 is 87.9 Å². The zero-order valence-corrected chi connectivity index (χ0v) is 50.0. The van der Waals surface area contributed by atoms with Gasteiger partial charge in [-0.1, -0.05) is 0 Å². The zero-order chi connectivity index (χ0) is 60.0. The van der Waals surface area contributed by atoms with Crippen LogP contribution in [0.1, 0.15) is 104 Å². The number of amides is 6. The number of unbranched alkanes of at least 4 members (excludes halogenated alkanes) is 1. The average Bonchev–Trinajstić information content (AvgIpc) is 3.93. The number of Topliss-reactive ketones (excluding diaryl/α,β-unsaturated/α-hetero) is 5. The first-order valence-corrected chi connectivity index (χ1v) is 30.6. The number of imide groups is 1. The molecule has 1 saturated heterocycles. The lowest BCUT2D eigenvalue weighted by molar-refractivity contribution is -0.139. The molecular weight excluding hydrogens is 1110 g/mol. The number of hydrogen-bond donors (Lipinski definition) is 4. The van der Waals surface area contributed by atoms with Gasteiger partial charge in [-0.05, 0) is 46.0 Å². The Morgan fingerprint density at radius 1 is 0.500 bits per heavy atom. The number of thioether (sulfide) groups is 2. The minimum absolute atomic E-state index is 0.00533. The first-order valence-electron chi connectivity index (χ1n) is 28.5. The molecule has 1 heterocycles. The van der Waals surface area contributed by atoms with E-state index in [4.69, 9.17) is 42.6 Å². The molecule has 0 spiro atoms. The normalized spacial score (nSPS) is 16.4. The van der Waals surface area contributed by atoms with Crippen molar-refractivity contribution in [1.29, 1.82) is 0 Å². The van der Waals surface area contributed by atoms with Gasteiger partial charge in [0.15, 0.2) is 11.6 Å². The van der Waals surface area contributed by atoms with E-state index < -0.39 is 22.5 Å². The highest BCUT2D eigenvalue weighted by Crippen LogP contribution is 2.31. The van der Waals surface area contributed by atoms with Gasteiger partial charge >= 0.3 is 0 Å². The van der Waals surface area contributed by atoms with Gasteiger partial charge in [-0.3, -0.25) is 57.6 Å². The highest BCUT2D eigenvalue weighted by atomic mass is 32.2. The molecule has 1 saturated carbocycles. The number of nitrogens with one attached hydrogen (secondary N) is 4. The average molecular weight is 1210 g/mol. The molecule has 25 nitrogen and oxygen atoms in total. The van der Waals surface area contributed by atoms with Crippen LogP contribution in [0, 0.1) is 5.92 Å². The van der Waals surface area contributed by atoms with Crippen molar-refractivity contribution in [2.45, 2.75) is 120 Å². The van der Waals surface area contributed by atoms with E-state index in [1.165, 1.54) is 37.4 Å². The predicted molar refractivity (Wildman–Crippen MR) is 303 cm³/mol. The van der Waals surface area contributed by atoms with Crippen LogP contribution < -0.4 is 21.3 Å². The number of carbonyl (C=O) groups is 11. The number of hydrogen-bond acceptors (Lipinski definition) is 22. The molecule has 468 valence electrons. The van der Waals surface area contributed by atoms with Crippen molar-refractivity contribution in [2.24, 2.45) is 5.92 Å². The van der Waals surface area contributed by atoms with Crippen molar-refractivity contribution in [3.05, 3.63) is 0 Å². The second-order valence-corrected chi connectivity index (χ2v) is 21.9. The molecule has 0 radical (unpaired) electrons. The number of carbonyl (C=O) groups excluding carboxylic acids is 11. The number of methoxy groups -OCH3 is 1. The van der Waals surface area contributed by atoms with Crippen LogP contribution in [0.5, 0.6) is 0 Å². The summed E-state index contributed by atoms with van der Waals surface area (Å²) in [5.74, 6) is -1.76. The lowest BCUT2D eigenvalue weighted by Gasteiger charge is -2.18. The van der Waals surface area contributed by atoms with Crippen LogP contribution in [0.15, 0.2) is 0 Å². The number of ketones is 5. The van der Waals surface area contributed by atoms with Gasteiger partial charge in [-0.2, -0.15) is 0 Å². The number of rotatable bonds is 55. The minimum Gasteiger partial charge on any atom is -0.385 e. The van der Waals surface area contributed by atoms with E-state index in [-0.39, 0.29) is 168 Å². The van der Waals surface area contributed by atoms with Gasteiger partial charge in [0.05, 0.1) is 128 Å². The van der Waals surface area contributed by atoms with Gasteiger partial charge < -0.3 is 63.9 Å². The quantitative estimate of drug-likeness (QED) is 0.0377. The molecule has 1 aliphatic carbocycles. The third-order valence-electron chi connectivity index (χ3n) is 12.5. The largest absolute Gasteiger partial charge is 0.385 e. The van der Waals surface area contributed by atoms with Crippen molar-refractivity contribution in [1.82, 2.24) is 26.2 Å². The topological polar surface area (TPSA) is 322 Å². The minimum atomic E-state index is -0.762. The Morgan fingerprint density at radius 2 is 0.963 bits per heavy atom. The van der Waals surface area contributed by atoms with Gasteiger partial charge in [-0.15, -0.1) is 23.5 Å². The fourth-order valence-electron chi connectivity index (χ4n) is 7.94. The van der Waals surface area contributed by atoms with Gasteiger partial charge in [0.1, 0.15) is 17.3 Å². The molecule has 1 aliphatic heterocycles. The summed E-state index contributed by atoms with van der Waals surface area (Å²) < 4.78 is 49.0. The maximum atomic E-state index is 13.0. The fourth-order valence-corrected chi connectivity index (χ4v) is 10.5. The molecule has 82 heavy (non-hydrogen) atoms. The van der Waals surface area contributed by atoms with Crippen molar-refractivity contribution in [3.63, 3.8) is 0 Å². The number of nitrogens with zero attached hydrogens (tertiary/aromatic N) is 1. The van der Waals surface area contributed by atoms with Gasteiger partial charge in [0.25, 0.3) is 0 Å². The van der Waals surface area contributed by atoms with Crippen LogP contribution in [-0.4, -0.2) is 243 Å². The molecule has 6 amide bonds. The third kappa shape index (κ3) is 37.1. The standard InChI is InChI=1S/C55H91N5O20S2/c1-41(61)14-37-81-47-39-46(64)43(54(47)70)9-10-49(65)57-17-23-75-27-31-79-36-34-78-30-26-74-22-13-52(68)59-44(45(63)8-6-20-72-3)7-4-5-16-56-51(67)12-21-73-25-29-77-33-35-80-32-28-76-24-18-58-50(66)11-19-60-53(69)40-48(55(60)71)82-38-15-42(2)62/h43-44,47-48H,4-40H2,1-3H3,(H,56,67)(H,57,65)(H,58,66)(H,59,68)/t43?,44-,47?,48?/m0/s1. The summed E-state index contributed by atoms with van der Waals surface area (Å²) in [7, 11) is 1.56. The van der Waals surface area contributed by atoms with Crippen molar-refractivity contribution < 1.29 is 95.4 Å². The third-order valence-corrected chi connectivity index (χ3v) is 14.9. The molecule has 4 N–H and O–H groups in total. The molecule has 0 aromatic heterocycles. The second-order valence-electron chi connectivity index (χ2n) is 19.3. The Balaban J connectivity index is 1.38. The zero-order valence-electron chi connectivity index (χ0n) is 48.4. The van der Waals surface area contributed by atoms with E-state index in [1.807, 2.05) is 0 Å². The monoisotopic (exact) mass is 1210 g/mol. The Kier molecular flexibility index (Phi) is 43.2. The summed E-state index contributed by atoms with van der Waals surface area (Å²) in [6.45, 7) is 9.10. The van der Waals surface area contributed by atoms with Gasteiger partial charge in [-0.25, -0.2) is 0 Å². The SMILES string of the molecule is COCCCC(=O)[C@H](CCCCNC(=O)CCOCCOCCOCCOCCNC(=O)CCN1C(=O)CC(SCCC(C)=O)C1=O)NC(=O)CCOCCOCCOCCOCCNC(=O)CCC1C(=O)CC(SCCC(C)=O)C1=O. The van der Waals surface area contributed by atoms with Crippen molar-refractivity contribution in [3.8, 4) is 0 Å². The van der Waals surface area contributed by atoms with Gasteiger partial charge in [0.2, 0.25) is 35.4 Å². The van der Waals surface area contributed by atoms with Crippen LogP contribution in [0.25, 0.3) is 0 Å². The maximum Gasteiger partial charge on any atom is 0.242 e. The smallest absolute Gasteiger partial charge is 0.242 e. The Labute approximate surface area is 490 Å². The number of ether oxygens (including phenoxy) is 9. The molecule has 2 rings (SSSR count). The van der Waals surface area contributed by atoms with E-state index in [9.17, 15) is 52.7 Å². The van der Waals surface area contributed by atoms with E-state index in [1.54, 1.807) is 7.11 Å². The van der Waals surface area contributed by atoms with Crippen molar-refractivity contribution in [2.75, 3.05) is 157 Å². The van der Waals surface area contributed by atoms with Gasteiger partial charge in [0, 0.05) is 109 Å². The molecule has 2 fully saturated rings. The molecule has 3 unspecified atom stereocenters. The van der Waals surface area contributed by atoms with Crippen LogP contribution in [0.3, 0.4) is 0 Å². The molecule has 0 aromatic carbocycles. The predicted octanol–water partition coefficient (Wildman–Crippen LogP) is 1.15. The Bertz CT molecular complexity index is 1940. The summed E-state index contributed by atoms with van der Waals surface area (Å²) in [6.07, 6.45) is 3.84. The van der Waals surface area contributed by atoms with E-state index in [0.717, 1.165) is 4.90 Å². The van der Waals surface area contributed by atoms with Crippen LogP contribution in [0.4, 0.5) is 0 Å². The first-order chi connectivity index (χ1) is 39.6. The van der Waals surface area contributed by atoms with E-state index >= 15 is 0 Å².